The zero-order valence-corrected chi connectivity index (χ0v) is 12.0. The van der Waals surface area contributed by atoms with E-state index in [1.807, 2.05) is 0 Å². The zero-order chi connectivity index (χ0) is 15.8. The second-order valence-corrected chi connectivity index (χ2v) is 4.54. The van der Waals surface area contributed by atoms with Crippen LogP contribution in [0.5, 0.6) is 17.2 Å². The van der Waals surface area contributed by atoms with Crippen molar-refractivity contribution in [2.75, 3.05) is 26.5 Å². The highest BCUT2D eigenvalue weighted by Crippen LogP contribution is 2.34. The Balaban J connectivity index is 1.57. The van der Waals surface area contributed by atoms with Gasteiger partial charge < -0.3 is 30.0 Å². The van der Waals surface area contributed by atoms with Gasteiger partial charge in [-0.1, -0.05) is 0 Å². The van der Waals surface area contributed by atoms with Crippen LogP contribution in [0.25, 0.3) is 0 Å². The van der Waals surface area contributed by atoms with Crippen molar-refractivity contribution in [1.29, 1.82) is 0 Å². The molecular formula is C14H18N2O6. The third kappa shape index (κ3) is 5.04. The summed E-state index contributed by atoms with van der Waals surface area (Å²) in [5.74, 6) is 1.08. The van der Waals surface area contributed by atoms with Crippen molar-refractivity contribution in [2.24, 2.45) is 0 Å². The maximum Gasteiger partial charge on any atom is 0.314 e. The number of carbonyl (C=O) groups is 2. The summed E-state index contributed by atoms with van der Waals surface area (Å²) >= 11 is 0. The molecule has 0 unspecified atom stereocenters. The molecule has 0 aliphatic carbocycles. The Hall–Kier alpha value is -2.64. The van der Waals surface area contributed by atoms with Crippen molar-refractivity contribution in [3.63, 3.8) is 0 Å². The van der Waals surface area contributed by atoms with Gasteiger partial charge in [0.15, 0.2) is 11.5 Å². The summed E-state index contributed by atoms with van der Waals surface area (Å²) in [6.07, 6.45) is 0.434. The Bertz CT molecular complexity index is 534. The number of carbonyl (C=O) groups excluding carboxylic acids is 1. The van der Waals surface area contributed by atoms with Crippen LogP contribution in [-0.4, -0.2) is 43.6 Å². The number of amides is 2. The number of hydrogen-bond acceptors (Lipinski definition) is 5. The first-order valence-corrected chi connectivity index (χ1v) is 6.91. The van der Waals surface area contributed by atoms with Crippen LogP contribution in [0.15, 0.2) is 18.2 Å². The van der Waals surface area contributed by atoms with Gasteiger partial charge in [-0.3, -0.25) is 4.79 Å². The zero-order valence-electron chi connectivity index (χ0n) is 12.0. The largest absolute Gasteiger partial charge is 0.492 e. The van der Waals surface area contributed by atoms with Crippen LogP contribution in [0.4, 0.5) is 4.79 Å². The number of nitrogens with one attached hydrogen (secondary N) is 2. The molecule has 8 nitrogen and oxygen atoms in total. The highest BCUT2D eigenvalue weighted by Gasteiger charge is 2.13. The molecule has 0 atom stereocenters. The summed E-state index contributed by atoms with van der Waals surface area (Å²) in [7, 11) is 0. The number of aliphatic carboxylic acids is 1. The molecule has 0 saturated carbocycles. The third-order valence-corrected chi connectivity index (χ3v) is 2.85. The number of carboxylic acids is 1. The first kappa shape index (κ1) is 15.7. The minimum Gasteiger partial charge on any atom is -0.492 e. The van der Waals surface area contributed by atoms with Crippen molar-refractivity contribution >= 4 is 12.0 Å². The van der Waals surface area contributed by atoms with Gasteiger partial charge in [0.05, 0.1) is 6.54 Å². The summed E-state index contributed by atoms with van der Waals surface area (Å²) in [5.41, 5.74) is 0. The lowest BCUT2D eigenvalue weighted by Crippen LogP contribution is -2.38. The SMILES string of the molecule is O=C(O)CCCNC(=O)NCCOc1ccc2c(c1)OCO2. The fraction of sp³-hybridized carbons (Fsp3) is 0.429. The van der Waals surface area contributed by atoms with Crippen molar-refractivity contribution < 1.29 is 28.9 Å². The molecule has 1 aliphatic rings. The van der Waals surface area contributed by atoms with Crippen molar-refractivity contribution in [3.05, 3.63) is 18.2 Å². The van der Waals surface area contributed by atoms with Gasteiger partial charge in [0.1, 0.15) is 12.4 Å². The molecule has 22 heavy (non-hydrogen) atoms. The smallest absolute Gasteiger partial charge is 0.314 e. The fourth-order valence-corrected chi connectivity index (χ4v) is 1.80. The van der Waals surface area contributed by atoms with E-state index in [0.717, 1.165) is 0 Å². The van der Waals surface area contributed by atoms with Crippen LogP contribution in [0.3, 0.4) is 0 Å². The lowest BCUT2D eigenvalue weighted by molar-refractivity contribution is -0.137. The molecule has 0 spiro atoms. The van der Waals surface area contributed by atoms with Gasteiger partial charge in [0.25, 0.3) is 0 Å². The number of ether oxygens (including phenoxy) is 3. The Morgan fingerprint density at radius 2 is 1.95 bits per heavy atom. The lowest BCUT2D eigenvalue weighted by atomic mass is 10.3. The van der Waals surface area contributed by atoms with E-state index < -0.39 is 5.97 Å². The van der Waals surface area contributed by atoms with E-state index in [1.165, 1.54) is 0 Å². The summed E-state index contributed by atoms with van der Waals surface area (Å²) < 4.78 is 15.9. The standard InChI is InChI=1S/C14H18N2O6/c17-13(18)2-1-5-15-14(19)16-6-7-20-10-3-4-11-12(8-10)22-9-21-11/h3-4,8H,1-2,5-7,9H2,(H,17,18)(H2,15,16,19). The summed E-state index contributed by atoms with van der Waals surface area (Å²) in [6, 6.07) is 4.91. The Morgan fingerprint density at radius 1 is 1.18 bits per heavy atom. The van der Waals surface area contributed by atoms with Crippen LogP contribution in [0, 0.1) is 0 Å². The third-order valence-electron chi connectivity index (χ3n) is 2.85. The first-order valence-electron chi connectivity index (χ1n) is 6.91. The van der Waals surface area contributed by atoms with Crippen molar-refractivity contribution in [1.82, 2.24) is 10.6 Å². The molecule has 0 radical (unpaired) electrons. The Labute approximate surface area is 127 Å². The van der Waals surface area contributed by atoms with Crippen LogP contribution >= 0.6 is 0 Å². The lowest BCUT2D eigenvalue weighted by Gasteiger charge is -2.09. The molecule has 2 amide bonds. The van der Waals surface area contributed by atoms with Crippen molar-refractivity contribution in [2.45, 2.75) is 12.8 Å². The average Bonchev–Trinajstić information content (AvgIpc) is 2.95. The fourth-order valence-electron chi connectivity index (χ4n) is 1.80. The Kier molecular flexibility index (Phi) is 5.70. The molecule has 3 N–H and O–H groups in total. The summed E-state index contributed by atoms with van der Waals surface area (Å²) in [4.78, 5) is 21.7. The maximum absolute atomic E-state index is 11.4. The molecule has 2 rings (SSSR count). The molecule has 0 fully saturated rings. The number of hydrogen-bond donors (Lipinski definition) is 3. The van der Waals surface area contributed by atoms with Gasteiger partial charge in [-0.2, -0.15) is 0 Å². The summed E-state index contributed by atoms with van der Waals surface area (Å²) in [6.45, 7) is 1.17. The molecule has 120 valence electrons. The topological polar surface area (TPSA) is 106 Å². The number of rotatable bonds is 8. The second-order valence-electron chi connectivity index (χ2n) is 4.54. The van der Waals surface area contributed by atoms with E-state index in [-0.39, 0.29) is 19.2 Å². The molecule has 0 aromatic heterocycles. The van der Waals surface area contributed by atoms with Gasteiger partial charge in [-0.05, 0) is 18.6 Å². The minimum absolute atomic E-state index is 0.0352. The van der Waals surface area contributed by atoms with Gasteiger partial charge in [0, 0.05) is 19.0 Å². The number of urea groups is 1. The van der Waals surface area contributed by atoms with Crippen LogP contribution < -0.4 is 24.8 Å². The average molecular weight is 310 g/mol. The monoisotopic (exact) mass is 310 g/mol. The van der Waals surface area contributed by atoms with E-state index in [9.17, 15) is 9.59 Å². The number of benzene rings is 1. The normalized spacial score (nSPS) is 11.8. The molecule has 1 aromatic carbocycles. The number of fused-ring (bicyclic) bond motifs is 1. The predicted octanol–water partition coefficient (Wildman–Crippen LogP) is 0.958. The highest BCUT2D eigenvalue weighted by atomic mass is 16.7. The number of carboxylic acid groups (broad SMARTS) is 1. The van der Waals surface area contributed by atoms with Crippen molar-refractivity contribution in [3.8, 4) is 17.2 Å². The first-order chi connectivity index (χ1) is 10.6. The van der Waals surface area contributed by atoms with Gasteiger partial charge in [-0.15, -0.1) is 0 Å². The second kappa shape index (κ2) is 7.96. The molecule has 8 heteroatoms. The summed E-state index contributed by atoms with van der Waals surface area (Å²) in [5, 5.41) is 13.6. The van der Waals surface area contributed by atoms with Gasteiger partial charge in [-0.25, -0.2) is 4.79 Å². The molecule has 0 saturated heterocycles. The van der Waals surface area contributed by atoms with Crippen LogP contribution in [-0.2, 0) is 4.79 Å². The van der Waals surface area contributed by atoms with Gasteiger partial charge >= 0.3 is 12.0 Å². The van der Waals surface area contributed by atoms with E-state index in [2.05, 4.69) is 10.6 Å². The highest BCUT2D eigenvalue weighted by molar-refractivity contribution is 5.73. The van der Waals surface area contributed by atoms with E-state index in [4.69, 9.17) is 19.3 Å². The van der Waals surface area contributed by atoms with Crippen LogP contribution in [0.1, 0.15) is 12.8 Å². The minimum atomic E-state index is -0.876. The predicted molar refractivity (Wildman–Crippen MR) is 76.3 cm³/mol. The molecular weight excluding hydrogens is 292 g/mol. The molecule has 1 heterocycles. The molecule has 1 aliphatic heterocycles. The quantitative estimate of drug-likeness (QED) is 0.617. The Morgan fingerprint density at radius 3 is 2.77 bits per heavy atom. The van der Waals surface area contributed by atoms with E-state index in [0.29, 0.717) is 43.4 Å². The maximum atomic E-state index is 11.4. The molecule has 0 bridgehead atoms. The van der Waals surface area contributed by atoms with Crippen LogP contribution in [0.2, 0.25) is 0 Å². The van der Waals surface area contributed by atoms with E-state index in [1.54, 1.807) is 18.2 Å². The van der Waals surface area contributed by atoms with Gasteiger partial charge in [0.2, 0.25) is 6.79 Å². The molecule has 1 aromatic rings. The van der Waals surface area contributed by atoms with E-state index >= 15 is 0 Å².